The molecule has 7 nitrogen and oxygen atoms in total. The first-order valence-corrected chi connectivity index (χ1v) is 10.4. The van der Waals surface area contributed by atoms with Gasteiger partial charge in [0.05, 0.1) is 19.7 Å². The first kappa shape index (κ1) is 21.0. The van der Waals surface area contributed by atoms with Crippen LogP contribution in [0.2, 0.25) is 0 Å². The third-order valence-electron chi connectivity index (χ3n) is 4.68. The van der Waals surface area contributed by atoms with Gasteiger partial charge in [-0.1, -0.05) is 23.8 Å². The zero-order valence-electron chi connectivity index (χ0n) is 16.8. The van der Waals surface area contributed by atoms with Gasteiger partial charge >= 0.3 is 5.97 Å². The van der Waals surface area contributed by atoms with Gasteiger partial charge in [-0.15, -0.1) is 11.3 Å². The number of ether oxygens (including phenoxy) is 1. The molecule has 0 atom stereocenters. The molecule has 0 unspecified atom stereocenters. The van der Waals surface area contributed by atoms with Crippen molar-refractivity contribution in [1.82, 2.24) is 10.2 Å². The van der Waals surface area contributed by atoms with Crippen LogP contribution in [0.4, 0.5) is 5.00 Å². The van der Waals surface area contributed by atoms with Crippen LogP contribution < -0.4 is 10.6 Å². The third-order valence-corrected chi connectivity index (χ3v) is 5.58. The Labute approximate surface area is 174 Å². The number of nitrogens with zero attached hydrogens (tertiary/aromatic N) is 1. The monoisotopic (exact) mass is 415 g/mol. The average molecular weight is 416 g/mol. The predicted octanol–water partition coefficient (Wildman–Crippen LogP) is 2.58. The molecule has 29 heavy (non-hydrogen) atoms. The van der Waals surface area contributed by atoms with E-state index in [-0.39, 0.29) is 31.5 Å². The van der Waals surface area contributed by atoms with Crippen LogP contribution in [0.15, 0.2) is 23.6 Å². The fourth-order valence-electron chi connectivity index (χ4n) is 3.37. The first-order valence-electron chi connectivity index (χ1n) is 9.54. The van der Waals surface area contributed by atoms with Gasteiger partial charge in [0.1, 0.15) is 10.6 Å². The summed E-state index contributed by atoms with van der Waals surface area (Å²) in [5, 5.41) is 7.90. The summed E-state index contributed by atoms with van der Waals surface area (Å²) in [5.41, 5.74) is 4.24. The minimum atomic E-state index is -0.462. The highest BCUT2D eigenvalue weighted by Crippen LogP contribution is 2.37. The standard InChI is InChI=1S/C21H25N3O4S/c1-4-28-21(27)19-16(15-6-5-13(2)9-14(15)3)12-29-20(19)23-18(26)11-24-8-7-22-17(25)10-24/h5-6,9,12H,4,7-8,10-11H2,1-3H3,(H,22,25)(H,23,26). The van der Waals surface area contributed by atoms with E-state index in [1.165, 1.54) is 11.3 Å². The Morgan fingerprint density at radius 2 is 2.07 bits per heavy atom. The van der Waals surface area contributed by atoms with E-state index < -0.39 is 5.97 Å². The molecule has 0 bridgehead atoms. The van der Waals surface area contributed by atoms with E-state index in [0.29, 0.717) is 23.7 Å². The summed E-state index contributed by atoms with van der Waals surface area (Å²) in [7, 11) is 0. The molecule has 3 rings (SSSR count). The second-order valence-corrected chi connectivity index (χ2v) is 7.88. The largest absolute Gasteiger partial charge is 0.462 e. The molecule has 154 valence electrons. The smallest absolute Gasteiger partial charge is 0.341 e. The molecule has 8 heteroatoms. The van der Waals surface area contributed by atoms with Gasteiger partial charge in [-0.25, -0.2) is 4.79 Å². The highest BCUT2D eigenvalue weighted by Gasteiger charge is 2.25. The molecule has 0 aliphatic carbocycles. The Hall–Kier alpha value is -2.71. The molecule has 2 heterocycles. The summed E-state index contributed by atoms with van der Waals surface area (Å²) in [6.07, 6.45) is 0. The lowest BCUT2D eigenvalue weighted by atomic mass is 9.97. The molecule has 2 N–H and O–H groups in total. The second-order valence-electron chi connectivity index (χ2n) is 7.00. The number of piperazine rings is 1. The molecule has 0 spiro atoms. The maximum Gasteiger partial charge on any atom is 0.341 e. The van der Waals surface area contributed by atoms with Crippen molar-refractivity contribution < 1.29 is 19.1 Å². The quantitative estimate of drug-likeness (QED) is 0.708. The Balaban J connectivity index is 1.86. The van der Waals surface area contributed by atoms with Crippen molar-refractivity contribution in [3.8, 4) is 11.1 Å². The van der Waals surface area contributed by atoms with E-state index >= 15 is 0 Å². The summed E-state index contributed by atoms with van der Waals surface area (Å²) in [4.78, 5) is 38.5. The number of esters is 1. The van der Waals surface area contributed by atoms with E-state index in [0.717, 1.165) is 22.3 Å². The topological polar surface area (TPSA) is 87.7 Å². The van der Waals surface area contributed by atoms with Gasteiger partial charge < -0.3 is 15.4 Å². The van der Waals surface area contributed by atoms with Gasteiger partial charge in [-0.3, -0.25) is 14.5 Å². The van der Waals surface area contributed by atoms with Gasteiger partial charge in [0.25, 0.3) is 0 Å². The van der Waals surface area contributed by atoms with Crippen molar-refractivity contribution in [1.29, 1.82) is 0 Å². The number of hydrogen-bond acceptors (Lipinski definition) is 6. The second kappa shape index (κ2) is 9.19. The molecule has 2 aromatic rings. The minimum Gasteiger partial charge on any atom is -0.462 e. The maximum absolute atomic E-state index is 12.7. The van der Waals surface area contributed by atoms with Crippen LogP contribution in [0, 0.1) is 13.8 Å². The van der Waals surface area contributed by atoms with Crippen molar-refractivity contribution in [3.63, 3.8) is 0 Å². The lowest BCUT2D eigenvalue weighted by molar-refractivity contribution is -0.125. The number of amides is 2. The van der Waals surface area contributed by atoms with Crippen LogP contribution in [0.3, 0.4) is 0 Å². The molecule has 1 fully saturated rings. The van der Waals surface area contributed by atoms with Crippen LogP contribution in [0.1, 0.15) is 28.4 Å². The van der Waals surface area contributed by atoms with E-state index in [4.69, 9.17) is 4.74 Å². The van der Waals surface area contributed by atoms with Gasteiger partial charge in [0.2, 0.25) is 11.8 Å². The Kier molecular flexibility index (Phi) is 6.66. The van der Waals surface area contributed by atoms with E-state index in [1.54, 1.807) is 11.8 Å². The van der Waals surface area contributed by atoms with Crippen molar-refractivity contribution >= 4 is 34.1 Å². The number of thiophene rings is 1. The molecule has 1 aliphatic rings. The average Bonchev–Trinajstić information content (AvgIpc) is 3.05. The summed E-state index contributed by atoms with van der Waals surface area (Å²) < 4.78 is 5.25. The molecular formula is C21H25N3O4S. The molecule has 1 aromatic carbocycles. The molecule has 1 saturated heterocycles. The van der Waals surface area contributed by atoms with Gasteiger partial charge in [0.15, 0.2) is 0 Å². The lowest BCUT2D eigenvalue weighted by Crippen LogP contribution is -2.49. The third kappa shape index (κ3) is 5.02. The molecular weight excluding hydrogens is 390 g/mol. The molecule has 2 amide bonds. The number of rotatable bonds is 6. The minimum absolute atomic E-state index is 0.0898. The normalized spacial score (nSPS) is 14.4. The molecule has 0 radical (unpaired) electrons. The fourth-order valence-corrected chi connectivity index (χ4v) is 4.33. The number of aryl methyl sites for hydroxylation is 2. The fraction of sp³-hybridized carbons (Fsp3) is 0.381. The summed E-state index contributed by atoms with van der Waals surface area (Å²) in [5.74, 6) is -0.819. The van der Waals surface area contributed by atoms with Crippen molar-refractivity contribution in [2.24, 2.45) is 0 Å². The van der Waals surface area contributed by atoms with Crippen molar-refractivity contribution in [3.05, 3.63) is 40.3 Å². The zero-order valence-corrected chi connectivity index (χ0v) is 17.6. The van der Waals surface area contributed by atoms with Crippen LogP contribution >= 0.6 is 11.3 Å². The molecule has 0 saturated carbocycles. The lowest BCUT2D eigenvalue weighted by Gasteiger charge is -2.25. The first-order chi connectivity index (χ1) is 13.9. The van der Waals surface area contributed by atoms with Gasteiger partial charge in [-0.05, 0) is 31.9 Å². The van der Waals surface area contributed by atoms with E-state index in [9.17, 15) is 14.4 Å². The number of anilines is 1. The maximum atomic E-state index is 12.7. The van der Waals surface area contributed by atoms with Crippen LogP contribution in [0.5, 0.6) is 0 Å². The summed E-state index contributed by atoms with van der Waals surface area (Å²) in [6, 6.07) is 6.03. The van der Waals surface area contributed by atoms with Crippen LogP contribution in [0.25, 0.3) is 11.1 Å². The highest BCUT2D eigenvalue weighted by molar-refractivity contribution is 7.15. The van der Waals surface area contributed by atoms with Crippen LogP contribution in [-0.2, 0) is 14.3 Å². The van der Waals surface area contributed by atoms with E-state index in [1.807, 2.05) is 31.4 Å². The number of benzene rings is 1. The number of nitrogens with one attached hydrogen (secondary N) is 2. The van der Waals surface area contributed by atoms with Crippen LogP contribution in [-0.4, -0.2) is 55.5 Å². The summed E-state index contributed by atoms with van der Waals surface area (Å²) in [6.45, 7) is 7.43. The van der Waals surface area contributed by atoms with Crippen molar-refractivity contribution in [2.75, 3.05) is 38.1 Å². The van der Waals surface area contributed by atoms with Gasteiger partial charge in [0, 0.05) is 24.0 Å². The van der Waals surface area contributed by atoms with Gasteiger partial charge in [-0.2, -0.15) is 0 Å². The van der Waals surface area contributed by atoms with E-state index in [2.05, 4.69) is 16.7 Å². The molecule has 1 aliphatic heterocycles. The number of carbonyl (C=O) groups is 3. The Morgan fingerprint density at radius 3 is 2.76 bits per heavy atom. The Bertz CT molecular complexity index is 938. The predicted molar refractivity (Wildman–Crippen MR) is 113 cm³/mol. The SMILES string of the molecule is CCOC(=O)c1c(-c2ccc(C)cc2C)csc1NC(=O)CN1CCNC(=O)C1. The van der Waals surface area contributed by atoms with Crippen molar-refractivity contribution in [2.45, 2.75) is 20.8 Å². The number of carbonyl (C=O) groups excluding carboxylic acids is 3. The highest BCUT2D eigenvalue weighted by atomic mass is 32.1. The zero-order chi connectivity index (χ0) is 21.0. The summed E-state index contributed by atoms with van der Waals surface area (Å²) >= 11 is 1.30. The Morgan fingerprint density at radius 1 is 1.28 bits per heavy atom. The number of hydrogen-bond donors (Lipinski definition) is 2. The molecule has 1 aromatic heterocycles.